The van der Waals surface area contributed by atoms with Crippen LogP contribution in [-0.2, 0) is 6.54 Å². The largest absolute Gasteiger partial charge is 0.475 e. The van der Waals surface area contributed by atoms with Crippen molar-refractivity contribution in [3.63, 3.8) is 0 Å². The summed E-state index contributed by atoms with van der Waals surface area (Å²) in [6, 6.07) is 8.73. The van der Waals surface area contributed by atoms with Crippen molar-refractivity contribution in [1.29, 1.82) is 0 Å². The summed E-state index contributed by atoms with van der Waals surface area (Å²) >= 11 is 0. The number of hydrogen-bond acceptors (Lipinski definition) is 5. The summed E-state index contributed by atoms with van der Waals surface area (Å²) in [5.74, 6) is 0.216. The molecule has 3 heterocycles. The maximum absolute atomic E-state index is 10.7. The van der Waals surface area contributed by atoms with Crippen molar-refractivity contribution in [2.75, 3.05) is 0 Å². The number of hydrogen-bond donors (Lipinski definition) is 2. The molecular weight excluding hydrogens is 272 g/mol. The number of rotatable bonds is 5. The van der Waals surface area contributed by atoms with E-state index in [1.807, 2.05) is 35.7 Å². The number of carboxylic acid groups (broad SMARTS) is 1. The third-order valence-electron chi connectivity index (χ3n) is 3.18. The first-order valence-electron chi connectivity index (χ1n) is 6.50. The minimum Gasteiger partial charge on any atom is -0.475 e. The Hall–Kier alpha value is -2.67. The van der Waals surface area contributed by atoms with Crippen molar-refractivity contribution in [2.24, 2.45) is 0 Å². The molecule has 7 heteroatoms. The molecule has 0 aliphatic carbocycles. The van der Waals surface area contributed by atoms with E-state index in [1.165, 1.54) is 6.07 Å². The van der Waals surface area contributed by atoms with Gasteiger partial charge in [-0.05, 0) is 31.2 Å². The van der Waals surface area contributed by atoms with Crippen LogP contribution in [0.25, 0.3) is 5.65 Å². The summed E-state index contributed by atoms with van der Waals surface area (Å²) < 4.78 is 7.10. The Balaban J connectivity index is 1.71. The van der Waals surface area contributed by atoms with Gasteiger partial charge in [-0.3, -0.25) is 4.40 Å². The maximum atomic E-state index is 10.7. The fraction of sp³-hybridized carbons (Fsp3) is 0.214. The zero-order chi connectivity index (χ0) is 14.8. The van der Waals surface area contributed by atoms with Gasteiger partial charge in [-0.25, -0.2) is 4.79 Å². The van der Waals surface area contributed by atoms with E-state index >= 15 is 0 Å². The predicted molar refractivity (Wildman–Crippen MR) is 73.9 cm³/mol. The molecular formula is C14H14N4O3. The Labute approximate surface area is 120 Å². The van der Waals surface area contributed by atoms with Crippen LogP contribution in [0.4, 0.5) is 0 Å². The van der Waals surface area contributed by atoms with Gasteiger partial charge in [-0.1, -0.05) is 6.07 Å². The topological polar surface area (TPSA) is 92.7 Å². The Morgan fingerprint density at radius 1 is 1.38 bits per heavy atom. The molecule has 1 unspecified atom stereocenters. The van der Waals surface area contributed by atoms with Crippen LogP contribution in [-0.4, -0.2) is 25.7 Å². The highest BCUT2D eigenvalue weighted by Crippen LogP contribution is 2.14. The number of carbonyl (C=O) groups is 1. The zero-order valence-electron chi connectivity index (χ0n) is 11.4. The number of carboxylic acids is 1. The monoisotopic (exact) mass is 286 g/mol. The molecule has 3 rings (SSSR count). The van der Waals surface area contributed by atoms with Crippen molar-refractivity contribution in [3.05, 3.63) is 53.9 Å². The SMILES string of the molecule is CC(NCc1ccc(C(=O)O)o1)c1nnc2ccccn12. The first-order chi connectivity index (χ1) is 10.1. The van der Waals surface area contributed by atoms with Gasteiger partial charge in [0.1, 0.15) is 5.76 Å². The fourth-order valence-corrected chi connectivity index (χ4v) is 2.09. The third kappa shape index (κ3) is 2.63. The van der Waals surface area contributed by atoms with Crippen molar-refractivity contribution in [2.45, 2.75) is 19.5 Å². The van der Waals surface area contributed by atoms with E-state index in [0.717, 1.165) is 11.5 Å². The van der Waals surface area contributed by atoms with Crippen molar-refractivity contribution < 1.29 is 14.3 Å². The molecule has 0 bridgehead atoms. The fourth-order valence-electron chi connectivity index (χ4n) is 2.09. The van der Waals surface area contributed by atoms with Crippen molar-refractivity contribution in [3.8, 4) is 0 Å². The Kier molecular flexibility index (Phi) is 3.41. The smallest absolute Gasteiger partial charge is 0.371 e. The van der Waals surface area contributed by atoms with Gasteiger partial charge in [-0.2, -0.15) is 0 Å². The molecule has 0 aliphatic heterocycles. The summed E-state index contributed by atoms with van der Waals surface area (Å²) in [6.07, 6.45) is 1.90. The lowest BCUT2D eigenvalue weighted by Gasteiger charge is -2.10. The molecule has 0 saturated heterocycles. The molecule has 0 saturated carbocycles. The van der Waals surface area contributed by atoms with Gasteiger partial charge in [-0.15, -0.1) is 10.2 Å². The van der Waals surface area contributed by atoms with E-state index in [-0.39, 0.29) is 11.8 Å². The first kappa shape index (κ1) is 13.3. The second-order valence-electron chi connectivity index (χ2n) is 4.66. The Morgan fingerprint density at radius 2 is 2.24 bits per heavy atom. The number of aromatic nitrogens is 3. The third-order valence-corrected chi connectivity index (χ3v) is 3.18. The van der Waals surface area contributed by atoms with Gasteiger partial charge in [0, 0.05) is 6.20 Å². The summed E-state index contributed by atoms with van der Waals surface area (Å²) in [4.78, 5) is 10.7. The number of furan rings is 1. The Morgan fingerprint density at radius 3 is 3.00 bits per heavy atom. The summed E-state index contributed by atoms with van der Waals surface area (Å²) in [5, 5.41) is 20.3. The van der Waals surface area contributed by atoms with Gasteiger partial charge in [0.2, 0.25) is 5.76 Å². The lowest BCUT2D eigenvalue weighted by Crippen LogP contribution is -2.20. The quantitative estimate of drug-likeness (QED) is 0.743. The number of pyridine rings is 1. The first-order valence-corrected chi connectivity index (χ1v) is 6.50. The van der Waals surface area contributed by atoms with E-state index in [2.05, 4.69) is 15.5 Å². The van der Waals surface area contributed by atoms with Crippen LogP contribution < -0.4 is 5.32 Å². The highest BCUT2D eigenvalue weighted by molar-refractivity contribution is 5.84. The lowest BCUT2D eigenvalue weighted by molar-refractivity contribution is 0.0660. The van der Waals surface area contributed by atoms with Crippen molar-refractivity contribution in [1.82, 2.24) is 19.9 Å². The maximum Gasteiger partial charge on any atom is 0.371 e. The average molecular weight is 286 g/mol. The average Bonchev–Trinajstić information content (AvgIpc) is 3.11. The van der Waals surface area contributed by atoms with E-state index in [9.17, 15) is 4.79 Å². The van der Waals surface area contributed by atoms with Crippen LogP contribution in [0.1, 0.15) is 35.1 Å². The summed E-state index contributed by atoms with van der Waals surface area (Å²) in [6.45, 7) is 2.38. The molecule has 0 fully saturated rings. The molecule has 3 aromatic rings. The molecule has 0 aliphatic rings. The van der Waals surface area contributed by atoms with Gasteiger partial charge < -0.3 is 14.8 Å². The standard InChI is InChI=1S/C14H14N4O3/c1-9(13-17-16-12-4-2-3-7-18(12)13)15-8-10-5-6-11(21-10)14(19)20/h2-7,9,15H,8H2,1H3,(H,19,20). The molecule has 0 amide bonds. The highest BCUT2D eigenvalue weighted by atomic mass is 16.4. The van der Waals surface area contributed by atoms with Crippen LogP contribution in [0, 0.1) is 0 Å². The van der Waals surface area contributed by atoms with Crippen LogP contribution in [0.5, 0.6) is 0 Å². The molecule has 1 atom stereocenters. The van der Waals surface area contributed by atoms with Gasteiger partial charge in [0.05, 0.1) is 12.6 Å². The predicted octanol–water partition coefficient (Wildman–Crippen LogP) is 1.87. The van der Waals surface area contributed by atoms with Gasteiger partial charge >= 0.3 is 5.97 Å². The van der Waals surface area contributed by atoms with Crippen LogP contribution in [0.2, 0.25) is 0 Å². The molecule has 0 spiro atoms. The summed E-state index contributed by atoms with van der Waals surface area (Å²) in [7, 11) is 0. The van der Waals surface area contributed by atoms with E-state index in [0.29, 0.717) is 12.3 Å². The lowest BCUT2D eigenvalue weighted by atomic mass is 10.3. The van der Waals surface area contributed by atoms with Crippen molar-refractivity contribution >= 4 is 11.6 Å². The molecule has 3 aromatic heterocycles. The normalized spacial score (nSPS) is 12.6. The molecule has 2 N–H and O–H groups in total. The molecule has 21 heavy (non-hydrogen) atoms. The summed E-state index contributed by atoms with van der Waals surface area (Å²) in [5.41, 5.74) is 0.785. The number of aromatic carboxylic acids is 1. The second-order valence-corrected chi connectivity index (χ2v) is 4.66. The molecule has 7 nitrogen and oxygen atoms in total. The van der Waals surface area contributed by atoms with E-state index in [4.69, 9.17) is 9.52 Å². The van der Waals surface area contributed by atoms with E-state index < -0.39 is 5.97 Å². The second kappa shape index (κ2) is 5.37. The number of nitrogens with zero attached hydrogens (tertiary/aromatic N) is 3. The minimum absolute atomic E-state index is 0.0548. The van der Waals surface area contributed by atoms with Gasteiger partial charge in [0.15, 0.2) is 11.5 Å². The highest BCUT2D eigenvalue weighted by Gasteiger charge is 2.14. The zero-order valence-corrected chi connectivity index (χ0v) is 11.4. The molecule has 108 valence electrons. The van der Waals surface area contributed by atoms with Gasteiger partial charge in [0.25, 0.3) is 0 Å². The Bertz CT molecular complexity index is 777. The van der Waals surface area contributed by atoms with E-state index in [1.54, 1.807) is 6.07 Å². The van der Waals surface area contributed by atoms with Crippen LogP contribution in [0.3, 0.4) is 0 Å². The molecule has 0 radical (unpaired) electrons. The minimum atomic E-state index is -1.07. The van der Waals surface area contributed by atoms with Crippen LogP contribution in [0.15, 0.2) is 40.9 Å². The number of nitrogens with one attached hydrogen (secondary N) is 1. The number of fused-ring (bicyclic) bond motifs is 1. The molecule has 0 aromatic carbocycles. The van der Waals surface area contributed by atoms with Crippen LogP contribution >= 0.6 is 0 Å².